The molecule has 0 aromatic rings. The average molecular weight is 437 g/mol. The SMILES string of the molecule is C/C=C(\C)C(=O)O[C@H]1/C(C)=C\CC[C@@]2(C)O[C@@H]2[C@@H](OC(C)=O)[C@@H](C(C)C)[C@@H]1OC(C)=O. The van der Waals surface area contributed by atoms with Crippen LogP contribution in [0.25, 0.3) is 0 Å². The van der Waals surface area contributed by atoms with E-state index in [9.17, 15) is 14.4 Å². The molecular formula is C24H36O7. The quantitative estimate of drug-likeness (QED) is 0.212. The number of epoxide rings is 1. The van der Waals surface area contributed by atoms with Crippen LogP contribution >= 0.6 is 0 Å². The van der Waals surface area contributed by atoms with Crippen LogP contribution in [0.2, 0.25) is 0 Å². The third-order valence-electron chi connectivity index (χ3n) is 6.22. The smallest absolute Gasteiger partial charge is 0.334 e. The monoisotopic (exact) mass is 436 g/mol. The van der Waals surface area contributed by atoms with Crippen LogP contribution in [0.4, 0.5) is 0 Å². The van der Waals surface area contributed by atoms with Gasteiger partial charge in [-0.25, -0.2) is 4.79 Å². The second-order valence-corrected chi connectivity index (χ2v) is 9.10. The first kappa shape index (κ1) is 25.1. The molecule has 1 saturated heterocycles. The molecule has 1 aliphatic carbocycles. The third-order valence-corrected chi connectivity index (χ3v) is 6.22. The molecule has 1 fully saturated rings. The van der Waals surface area contributed by atoms with Gasteiger partial charge in [0, 0.05) is 25.3 Å². The number of esters is 3. The van der Waals surface area contributed by atoms with Gasteiger partial charge in [-0.05, 0) is 52.0 Å². The number of rotatable bonds is 5. The van der Waals surface area contributed by atoms with Crippen LogP contribution in [-0.4, -0.2) is 47.9 Å². The van der Waals surface area contributed by atoms with Crippen LogP contribution in [-0.2, 0) is 33.3 Å². The third kappa shape index (κ3) is 5.97. The molecule has 7 heteroatoms. The normalized spacial score (nSPS) is 35.3. The fourth-order valence-corrected chi connectivity index (χ4v) is 4.33. The molecule has 0 aromatic heterocycles. The van der Waals surface area contributed by atoms with Crippen LogP contribution in [0, 0.1) is 11.8 Å². The molecular weight excluding hydrogens is 400 g/mol. The maximum absolute atomic E-state index is 12.7. The summed E-state index contributed by atoms with van der Waals surface area (Å²) in [6.07, 6.45) is 2.52. The fraction of sp³-hybridized carbons (Fsp3) is 0.708. The number of carbonyl (C=O) groups excluding carboxylic acids is 3. The Morgan fingerprint density at radius 2 is 1.68 bits per heavy atom. The van der Waals surface area contributed by atoms with Gasteiger partial charge in [-0.2, -0.15) is 0 Å². The molecule has 0 bridgehead atoms. The molecule has 0 N–H and O–H groups in total. The standard InChI is InChI=1S/C24H36O7/c1-9-14(4)23(27)30-19-15(5)11-10-12-24(8)22(31-24)21(29-17(7)26)18(13(2)3)20(19)28-16(6)25/h9,11,13,18-22H,10,12H2,1-8H3/b14-9+,15-11-/t18-,19-,20-,21-,22+,24+/m0/s1. The van der Waals surface area contributed by atoms with E-state index in [0.717, 1.165) is 12.0 Å². The van der Waals surface area contributed by atoms with E-state index in [1.807, 2.05) is 33.8 Å². The second kappa shape index (κ2) is 9.98. The molecule has 0 aromatic carbocycles. The van der Waals surface area contributed by atoms with E-state index in [1.54, 1.807) is 19.9 Å². The first-order valence-electron chi connectivity index (χ1n) is 10.9. The highest BCUT2D eigenvalue weighted by atomic mass is 16.6. The molecule has 7 nitrogen and oxygen atoms in total. The molecule has 174 valence electrons. The first-order chi connectivity index (χ1) is 14.4. The van der Waals surface area contributed by atoms with E-state index < -0.39 is 47.7 Å². The minimum Gasteiger partial charge on any atom is -0.459 e. The molecule has 6 atom stereocenters. The summed E-state index contributed by atoms with van der Waals surface area (Å²) in [6, 6.07) is 0. The summed E-state index contributed by atoms with van der Waals surface area (Å²) < 4.78 is 23.4. The average Bonchev–Trinajstić information content (AvgIpc) is 3.33. The van der Waals surface area contributed by atoms with E-state index >= 15 is 0 Å². The van der Waals surface area contributed by atoms with Crippen LogP contribution in [0.5, 0.6) is 0 Å². The van der Waals surface area contributed by atoms with Crippen molar-refractivity contribution in [2.45, 2.75) is 98.2 Å². The Bertz CT molecular complexity index is 766. The summed E-state index contributed by atoms with van der Waals surface area (Å²) in [5, 5.41) is 0. The van der Waals surface area contributed by atoms with Crippen molar-refractivity contribution in [3.63, 3.8) is 0 Å². The zero-order chi connectivity index (χ0) is 23.5. The maximum atomic E-state index is 12.7. The van der Waals surface area contributed by atoms with Gasteiger partial charge >= 0.3 is 17.9 Å². The zero-order valence-corrected chi connectivity index (χ0v) is 19.9. The highest BCUT2D eigenvalue weighted by molar-refractivity contribution is 5.88. The van der Waals surface area contributed by atoms with Gasteiger partial charge < -0.3 is 18.9 Å². The predicted octanol–water partition coefficient (Wildman–Crippen LogP) is 3.90. The van der Waals surface area contributed by atoms with Crippen molar-refractivity contribution in [1.82, 2.24) is 0 Å². The summed E-state index contributed by atoms with van der Waals surface area (Å²) in [5.41, 5.74) is 0.830. The Morgan fingerprint density at radius 1 is 1.10 bits per heavy atom. The largest absolute Gasteiger partial charge is 0.459 e. The van der Waals surface area contributed by atoms with E-state index in [1.165, 1.54) is 13.8 Å². The summed E-state index contributed by atoms with van der Waals surface area (Å²) in [4.78, 5) is 36.8. The van der Waals surface area contributed by atoms with Crippen LogP contribution in [0.1, 0.15) is 68.2 Å². The number of fused-ring (bicyclic) bond motifs is 1. The Balaban J connectivity index is 2.60. The van der Waals surface area contributed by atoms with Gasteiger partial charge in [0.2, 0.25) is 0 Å². The van der Waals surface area contributed by atoms with Gasteiger partial charge in [0.25, 0.3) is 0 Å². The second-order valence-electron chi connectivity index (χ2n) is 9.10. The van der Waals surface area contributed by atoms with Crippen molar-refractivity contribution in [2.24, 2.45) is 11.8 Å². The molecule has 1 aliphatic heterocycles. The van der Waals surface area contributed by atoms with Crippen LogP contribution in [0.15, 0.2) is 23.3 Å². The number of hydrogen-bond acceptors (Lipinski definition) is 7. The number of hydrogen-bond donors (Lipinski definition) is 0. The lowest BCUT2D eigenvalue weighted by atomic mass is 9.77. The van der Waals surface area contributed by atoms with Crippen molar-refractivity contribution >= 4 is 17.9 Å². The number of ether oxygens (including phenoxy) is 4. The van der Waals surface area contributed by atoms with Crippen LogP contribution in [0.3, 0.4) is 0 Å². The van der Waals surface area contributed by atoms with Crippen molar-refractivity contribution < 1.29 is 33.3 Å². The summed E-state index contributed by atoms with van der Waals surface area (Å²) in [5.74, 6) is -1.90. The first-order valence-corrected chi connectivity index (χ1v) is 10.9. The molecule has 0 radical (unpaired) electrons. The lowest BCUT2D eigenvalue weighted by Crippen LogP contribution is -2.51. The zero-order valence-electron chi connectivity index (χ0n) is 19.9. The molecule has 31 heavy (non-hydrogen) atoms. The Kier molecular flexibility index (Phi) is 8.09. The number of allylic oxidation sites excluding steroid dienone is 2. The Labute approximate surface area is 185 Å². The molecule has 0 amide bonds. The minimum atomic E-state index is -0.835. The predicted molar refractivity (Wildman–Crippen MR) is 115 cm³/mol. The highest BCUT2D eigenvalue weighted by Gasteiger charge is 2.61. The molecule has 0 saturated carbocycles. The summed E-state index contributed by atoms with van der Waals surface area (Å²) in [7, 11) is 0. The molecule has 1 heterocycles. The van der Waals surface area contributed by atoms with Gasteiger partial charge in [-0.15, -0.1) is 0 Å². The van der Waals surface area contributed by atoms with Crippen LogP contribution < -0.4 is 0 Å². The lowest BCUT2D eigenvalue weighted by molar-refractivity contribution is -0.178. The summed E-state index contributed by atoms with van der Waals surface area (Å²) >= 11 is 0. The van der Waals surface area contributed by atoms with Crippen molar-refractivity contribution in [2.75, 3.05) is 0 Å². The molecule has 2 rings (SSSR count). The minimum absolute atomic E-state index is 0.0570. The number of carbonyl (C=O) groups is 3. The Morgan fingerprint density at radius 3 is 2.19 bits per heavy atom. The van der Waals surface area contributed by atoms with E-state index in [0.29, 0.717) is 12.0 Å². The highest BCUT2D eigenvalue weighted by Crippen LogP contribution is 2.48. The van der Waals surface area contributed by atoms with Gasteiger partial charge in [0.05, 0.1) is 5.60 Å². The van der Waals surface area contributed by atoms with Crippen molar-refractivity contribution in [3.8, 4) is 0 Å². The molecule has 0 spiro atoms. The summed E-state index contributed by atoms with van der Waals surface area (Å²) in [6.45, 7) is 13.9. The van der Waals surface area contributed by atoms with Gasteiger partial charge in [0.15, 0.2) is 6.10 Å². The Hall–Kier alpha value is -2.15. The van der Waals surface area contributed by atoms with Gasteiger partial charge in [0.1, 0.15) is 18.3 Å². The van der Waals surface area contributed by atoms with E-state index in [2.05, 4.69) is 0 Å². The molecule has 2 aliphatic rings. The van der Waals surface area contributed by atoms with Crippen molar-refractivity contribution in [1.29, 1.82) is 0 Å². The lowest BCUT2D eigenvalue weighted by Gasteiger charge is -2.39. The van der Waals surface area contributed by atoms with E-state index in [4.69, 9.17) is 18.9 Å². The van der Waals surface area contributed by atoms with Gasteiger partial charge in [-0.1, -0.05) is 26.0 Å². The maximum Gasteiger partial charge on any atom is 0.334 e. The fourth-order valence-electron chi connectivity index (χ4n) is 4.33. The topological polar surface area (TPSA) is 91.4 Å². The van der Waals surface area contributed by atoms with E-state index in [-0.39, 0.29) is 12.0 Å². The van der Waals surface area contributed by atoms with Gasteiger partial charge in [-0.3, -0.25) is 9.59 Å². The molecule has 0 unspecified atom stereocenters. The van der Waals surface area contributed by atoms with Crippen molar-refractivity contribution in [3.05, 3.63) is 23.3 Å².